The fourth-order valence-corrected chi connectivity index (χ4v) is 2.32. The molecule has 0 saturated heterocycles. The monoisotopic (exact) mass is 332 g/mol. The maximum atomic E-state index is 10.5. The number of carbonyl (C=O) groups is 1. The quantitative estimate of drug-likeness (QED) is 0.354. The maximum Gasteiger partial charge on any atom is 0.105 e. The Kier molecular flexibility index (Phi) is 7.04. The summed E-state index contributed by atoms with van der Waals surface area (Å²) < 4.78 is 0. The molecule has 0 aliphatic rings. The molecule has 22 heavy (non-hydrogen) atoms. The fraction of sp³-hybridized carbons (Fsp3) is 0.150. The van der Waals surface area contributed by atoms with Gasteiger partial charge in [0.05, 0.1) is 0 Å². The van der Waals surface area contributed by atoms with Crippen molar-refractivity contribution in [3.63, 3.8) is 0 Å². The first-order valence-corrected chi connectivity index (χ1v) is 7.09. The van der Waals surface area contributed by atoms with Crippen LogP contribution in [0.15, 0.2) is 66.7 Å². The summed E-state index contributed by atoms with van der Waals surface area (Å²) in [5.74, 6) is 0.134. The molecular weight excluding hydrogens is 312 g/mol. The predicted octanol–water partition coefficient (Wildman–Crippen LogP) is 5.29. The van der Waals surface area contributed by atoms with Crippen molar-refractivity contribution in [2.24, 2.45) is 0 Å². The zero-order valence-corrected chi connectivity index (χ0v) is 14.2. The van der Waals surface area contributed by atoms with Crippen LogP contribution in [0.2, 0.25) is 0 Å². The van der Waals surface area contributed by atoms with Gasteiger partial charge in [0.25, 0.3) is 0 Å². The van der Waals surface area contributed by atoms with Gasteiger partial charge in [-0.05, 0) is 6.92 Å². The molecule has 3 aromatic rings. The Morgan fingerprint density at radius 3 is 1.86 bits per heavy atom. The Morgan fingerprint density at radius 1 is 0.955 bits per heavy atom. The second-order valence-corrected chi connectivity index (χ2v) is 5.28. The van der Waals surface area contributed by atoms with Gasteiger partial charge >= 0.3 is 0 Å². The van der Waals surface area contributed by atoms with Gasteiger partial charge in [0.1, 0.15) is 5.78 Å². The number of hydrogen-bond acceptors (Lipinski definition) is 1. The molecule has 0 amide bonds. The van der Waals surface area contributed by atoms with Crippen LogP contribution in [0.4, 0.5) is 0 Å². The molecule has 3 aromatic carbocycles. The SMILES string of the molecule is CC(=O)[c-]1cccc1.Cc1cc(C)cc(-[c-]2[cH-][cH-][cH-][cH-]2)c1.[Fe]. The standard InChI is InChI=1S/C13H13.C7H7O.Fe/c1-10-7-11(2)9-13(8-10)12-5-3-4-6-12;1-6(8)7-4-2-3-5-7;/h3-9H,1-2H3;2-5H,1H3;/q-5;-1;. The van der Waals surface area contributed by atoms with E-state index in [2.05, 4.69) is 56.3 Å². The maximum absolute atomic E-state index is 10.5. The molecule has 2 heteroatoms. The number of hydrogen-bond donors (Lipinski definition) is 0. The Morgan fingerprint density at radius 2 is 1.45 bits per heavy atom. The largest absolute Gasteiger partial charge is 0.642 e. The first-order valence-electron chi connectivity index (χ1n) is 7.09. The van der Waals surface area contributed by atoms with Crippen LogP contribution in [0.3, 0.4) is 0 Å². The van der Waals surface area contributed by atoms with Gasteiger partial charge < -0.3 is 52.3 Å². The minimum Gasteiger partial charge on any atom is -0.642 e. The van der Waals surface area contributed by atoms with Crippen molar-refractivity contribution < 1.29 is 21.9 Å². The van der Waals surface area contributed by atoms with E-state index in [-0.39, 0.29) is 22.9 Å². The van der Waals surface area contributed by atoms with E-state index in [9.17, 15) is 4.79 Å². The van der Waals surface area contributed by atoms with E-state index < -0.39 is 0 Å². The molecule has 0 radical (unpaired) electrons. The van der Waals surface area contributed by atoms with Crippen LogP contribution in [0.25, 0.3) is 11.1 Å². The van der Waals surface area contributed by atoms with E-state index in [0.717, 1.165) is 5.56 Å². The van der Waals surface area contributed by atoms with Gasteiger partial charge in [0, 0.05) is 17.1 Å². The van der Waals surface area contributed by atoms with Crippen LogP contribution in [-0.2, 0) is 17.1 Å². The van der Waals surface area contributed by atoms with Gasteiger partial charge in [-0.15, -0.1) is 6.07 Å². The fourth-order valence-electron chi connectivity index (χ4n) is 2.32. The molecule has 0 unspecified atom stereocenters. The molecule has 0 aliphatic heterocycles. The Balaban J connectivity index is 0.000000234. The van der Waals surface area contributed by atoms with Gasteiger partial charge in [-0.3, -0.25) is 0 Å². The summed E-state index contributed by atoms with van der Waals surface area (Å²) >= 11 is 0. The van der Waals surface area contributed by atoms with E-state index in [4.69, 9.17) is 0 Å². The molecule has 0 saturated carbocycles. The molecular formula is C20H20FeO-6. The van der Waals surface area contributed by atoms with Crippen LogP contribution in [-0.4, -0.2) is 5.78 Å². The van der Waals surface area contributed by atoms with Crippen LogP contribution in [0.5, 0.6) is 0 Å². The average Bonchev–Trinajstić information content (AvgIpc) is 3.12. The van der Waals surface area contributed by atoms with Crippen LogP contribution in [0.1, 0.15) is 28.4 Å². The zero-order chi connectivity index (χ0) is 15.2. The molecule has 0 aromatic heterocycles. The minimum absolute atomic E-state index is 0. The smallest absolute Gasteiger partial charge is 0.105 e. The normalized spacial score (nSPS) is 9.41. The molecule has 3 rings (SSSR count). The number of Topliss-reactive ketones (excluding diaryl/α,β-unsaturated/α-hetero) is 1. The summed E-state index contributed by atoms with van der Waals surface area (Å²) in [4.78, 5) is 10.5. The van der Waals surface area contributed by atoms with Crippen LogP contribution in [0, 0.1) is 13.8 Å². The Hall–Kier alpha value is -1.89. The van der Waals surface area contributed by atoms with Crippen molar-refractivity contribution >= 4 is 5.78 Å². The van der Waals surface area contributed by atoms with Crippen molar-refractivity contribution in [2.45, 2.75) is 20.8 Å². The third-order valence-electron chi connectivity index (χ3n) is 3.29. The molecule has 0 spiro atoms. The van der Waals surface area contributed by atoms with Gasteiger partial charge in [0.2, 0.25) is 0 Å². The number of rotatable bonds is 2. The van der Waals surface area contributed by atoms with Crippen molar-refractivity contribution in [3.8, 4) is 11.1 Å². The molecule has 0 N–H and O–H groups in total. The van der Waals surface area contributed by atoms with E-state index in [0.29, 0.717) is 0 Å². The van der Waals surface area contributed by atoms with E-state index in [1.165, 1.54) is 22.3 Å². The predicted molar refractivity (Wildman–Crippen MR) is 89.0 cm³/mol. The topological polar surface area (TPSA) is 17.1 Å². The molecule has 1 nitrogen and oxygen atoms in total. The molecule has 0 atom stereocenters. The number of ketones is 1. The van der Waals surface area contributed by atoms with E-state index >= 15 is 0 Å². The first kappa shape index (κ1) is 18.2. The third kappa shape index (κ3) is 5.14. The summed E-state index contributed by atoms with van der Waals surface area (Å²) in [6.07, 6.45) is 0. The first-order chi connectivity index (χ1) is 10.1. The number of aryl methyl sites for hydroxylation is 2. The van der Waals surface area contributed by atoms with Crippen molar-refractivity contribution in [2.75, 3.05) is 0 Å². The van der Waals surface area contributed by atoms with E-state index in [1.807, 2.05) is 24.3 Å². The number of benzene rings is 1. The second kappa shape index (κ2) is 8.53. The van der Waals surface area contributed by atoms with E-state index in [1.54, 1.807) is 6.92 Å². The van der Waals surface area contributed by atoms with Gasteiger partial charge in [-0.25, -0.2) is 12.1 Å². The van der Waals surface area contributed by atoms with Gasteiger partial charge in [-0.2, -0.15) is 23.3 Å². The van der Waals surface area contributed by atoms with Crippen molar-refractivity contribution in [3.05, 3.63) is 83.4 Å². The summed E-state index contributed by atoms with van der Waals surface area (Å²) in [5.41, 5.74) is 6.09. The minimum atomic E-state index is 0. The summed E-state index contributed by atoms with van der Waals surface area (Å²) in [7, 11) is 0. The number of carbonyl (C=O) groups excluding carboxylic acids is 1. The Bertz CT molecular complexity index is 671. The van der Waals surface area contributed by atoms with Crippen LogP contribution < -0.4 is 0 Å². The molecule has 0 fully saturated rings. The van der Waals surface area contributed by atoms with Gasteiger partial charge in [0.15, 0.2) is 0 Å². The average molecular weight is 332 g/mol. The zero-order valence-electron chi connectivity index (χ0n) is 13.1. The Labute approximate surface area is 143 Å². The summed E-state index contributed by atoms with van der Waals surface area (Å²) in [6, 6.07) is 22.4. The van der Waals surface area contributed by atoms with Crippen LogP contribution >= 0.6 is 0 Å². The molecule has 0 aliphatic carbocycles. The summed E-state index contributed by atoms with van der Waals surface area (Å²) in [6.45, 7) is 5.84. The van der Waals surface area contributed by atoms with Gasteiger partial charge in [-0.1, -0.05) is 19.4 Å². The molecule has 120 valence electrons. The summed E-state index contributed by atoms with van der Waals surface area (Å²) in [5, 5.41) is 0. The third-order valence-corrected chi connectivity index (χ3v) is 3.29. The molecule has 0 bridgehead atoms. The molecule has 0 heterocycles. The van der Waals surface area contributed by atoms with Crippen molar-refractivity contribution in [1.82, 2.24) is 0 Å². The van der Waals surface area contributed by atoms with Crippen molar-refractivity contribution in [1.29, 1.82) is 0 Å². The second-order valence-electron chi connectivity index (χ2n) is 5.28.